The fourth-order valence-electron chi connectivity index (χ4n) is 2.85. The molecule has 0 saturated carbocycles. The molecule has 0 bridgehead atoms. The first kappa shape index (κ1) is 19.1. The number of nitrogens with one attached hydrogen (secondary N) is 1. The third-order valence-corrected chi connectivity index (χ3v) is 4.18. The lowest BCUT2D eigenvalue weighted by Gasteiger charge is -2.27. The zero-order valence-corrected chi connectivity index (χ0v) is 15.5. The molecule has 138 valence electrons. The predicted molar refractivity (Wildman–Crippen MR) is 95.1 cm³/mol. The topological polar surface area (TPSA) is 67.9 Å². The third-order valence-electron chi connectivity index (χ3n) is 4.18. The number of amides is 2. The van der Waals surface area contributed by atoms with E-state index in [4.69, 9.17) is 9.47 Å². The summed E-state index contributed by atoms with van der Waals surface area (Å²) in [6, 6.07) is 9.49. The molecular weight excluding hydrogens is 320 g/mol. The SMILES string of the molecule is C[C@@H]1CCN(C(=O)OCc2ccccc2)[C@@H]1CNC(=O)OC(C)(C)C. The van der Waals surface area contributed by atoms with Gasteiger partial charge in [0, 0.05) is 13.1 Å². The highest BCUT2D eigenvalue weighted by Crippen LogP contribution is 2.24. The van der Waals surface area contributed by atoms with Gasteiger partial charge in [0.25, 0.3) is 0 Å². The molecule has 0 aromatic heterocycles. The maximum absolute atomic E-state index is 12.4. The lowest BCUT2D eigenvalue weighted by Crippen LogP contribution is -2.46. The van der Waals surface area contributed by atoms with Crippen molar-refractivity contribution in [1.82, 2.24) is 10.2 Å². The normalized spacial score (nSPS) is 20.2. The molecule has 2 atom stereocenters. The summed E-state index contributed by atoms with van der Waals surface area (Å²) in [7, 11) is 0. The maximum Gasteiger partial charge on any atom is 0.410 e. The highest BCUT2D eigenvalue weighted by molar-refractivity contribution is 5.70. The van der Waals surface area contributed by atoms with Crippen LogP contribution in [-0.2, 0) is 16.1 Å². The first-order valence-corrected chi connectivity index (χ1v) is 8.70. The number of nitrogens with zero attached hydrogens (tertiary/aromatic N) is 1. The Bertz CT molecular complexity index is 583. The van der Waals surface area contributed by atoms with Gasteiger partial charge in [-0.05, 0) is 38.7 Å². The van der Waals surface area contributed by atoms with Crippen LogP contribution in [0.25, 0.3) is 0 Å². The molecule has 1 aliphatic heterocycles. The number of rotatable bonds is 4. The van der Waals surface area contributed by atoms with Crippen LogP contribution in [-0.4, -0.2) is 41.8 Å². The van der Waals surface area contributed by atoms with Gasteiger partial charge in [-0.25, -0.2) is 9.59 Å². The van der Waals surface area contributed by atoms with E-state index in [1.165, 1.54) is 0 Å². The summed E-state index contributed by atoms with van der Waals surface area (Å²) in [5.74, 6) is 0.291. The average molecular weight is 348 g/mol. The van der Waals surface area contributed by atoms with E-state index in [-0.39, 0.29) is 18.7 Å². The molecule has 6 nitrogen and oxygen atoms in total. The fourth-order valence-corrected chi connectivity index (χ4v) is 2.85. The summed E-state index contributed by atoms with van der Waals surface area (Å²) >= 11 is 0. The van der Waals surface area contributed by atoms with Crippen molar-refractivity contribution in [2.45, 2.75) is 52.4 Å². The Kier molecular flexibility index (Phi) is 6.28. The van der Waals surface area contributed by atoms with Gasteiger partial charge in [-0.1, -0.05) is 37.3 Å². The van der Waals surface area contributed by atoms with Crippen LogP contribution in [0.5, 0.6) is 0 Å². The van der Waals surface area contributed by atoms with Crippen molar-refractivity contribution in [3.63, 3.8) is 0 Å². The molecule has 0 unspecified atom stereocenters. The molecule has 1 aliphatic rings. The van der Waals surface area contributed by atoms with Crippen molar-refractivity contribution < 1.29 is 19.1 Å². The summed E-state index contributed by atoms with van der Waals surface area (Å²) in [4.78, 5) is 25.9. The van der Waals surface area contributed by atoms with Gasteiger partial charge in [-0.3, -0.25) is 0 Å². The number of alkyl carbamates (subject to hydrolysis) is 1. The number of hydrogen-bond donors (Lipinski definition) is 1. The first-order valence-electron chi connectivity index (χ1n) is 8.70. The van der Waals surface area contributed by atoms with Crippen molar-refractivity contribution in [1.29, 1.82) is 0 Å². The summed E-state index contributed by atoms with van der Waals surface area (Å²) in [5.41, 5.74) is 0.408. The Morgan fingerprint density at radius 3 is 2.56 bits per heavy atom. The molecule has 0 radical (unpaired) electrons. The van der Waals surface area contributed by atoms with E-state index in [1.807, 2.05) is 51.1 Å². The van der Waals surface area contributed by atoms with Gasteiger partial charge >= 0.3 is 12.2 Å². The van der Waals surface area contributed by atoms with Crippen LogP contribution in [0.2, 0.25) is 0 Å². The van der Waals surface area contributed by atoms with Gasteiger partial charge in [0.2, 0.25) is 0 Å². The lowest BCUT2D eigenvalue weighted by molar-refractivity contribution is 0.0496. The Balaban J connectivity index is 1.86. The molecule has 0 spiro atoms. The van der Waals surface area contributed by atoms with E-state index >= 15 is 0 Å². The third kappa shape index (κ3) is 5.96. The van der Waals surface area contributed by atoms with E-state index in [0.717, 1.165) is 12.0 Å². The molecule has 1 heterocycles. The van der Waals surface area contributed by atoms with E-state index in [1.54, 1.807) is 4.90 Å². The monoisotopic (exact) mass is 348 g/mol. The smallest absolute Gasteiger partial charge is 0.410 e. The summed E-state index contributed by atoms with van der Waals surface area (Å²) in [6.07, 6.45) is 0.0783. The van der Waals surface area contributed by atoms with Crippen LogP contribution < -0.4 is 5.32 Å². The van der Waals surface area contributed by atoms with Crippen LogP contribution in [0.15, 0.2) is 30.3 Å². The zero-order valence-electron chi connectivity index (χ0n) is 15.5. The number of hydrogen-bond acceptors (Lipinski definition) is 4. The molecule has 1 fully saturated rings. The highest BCUT2D eigenvalue weighted by Gasteiger charge is 2.35. The number of benzene rings is 1. The second kappa shape index (κ2) is 8.23. The zero-order chi connectivity index (χ0) is 18.4. The van der Waals surface area contributed by atoms with Crippen molar-refractivity contribution in [3.8, 4) is 0 Å². The Hall–Kier alpha value is -2.24. The highest BCUT2D eigenvalue weighted by atomic mass is 16.6. The van der Waals surface area contributed by atoms with Crippen LogP contribution in [0, 0.1) is 5.92 Å². The Morgan fingerprint density at radius 1 is 1.24 bits per heavy atom. The lowest BCUT2D eigenvalue weighted by atomic mass is 10.0. The van der Waals surface area contributed by atoms with Crippen LogP contribution in [0.4, 0.5) is 9.59 Å². The van der Waals surface area contributed by atoms with Crippen molar-refractivity contribution in [3.05, 3.63) is 35.9 Å². The minimum atomic E-state index is -0.542. The van der Waals surface area contributed by atoms with Crippen LogP contribution in [0.3, 0.4) is 0 Å². The van der Waals surface area contributed by atoms with Gasteiger partial charge in [0.05, 0.1) is 6.04 Å². The maximum atomic E-state index is 12.4. The molecule has 1 saturated heterocycles. The molecule has 0 aliphatic carbocycles. The molecule has 2 amide bonds. The fraction of sp³-hybridized carbons (Fsp3) is 0.579. The number of likely N-dealkylation sites (tertiary alicyclic amines) is 1. The van der Waals surface area contributed by atoms with Gasteiger partial charge < -0.3 is 19.7 Å². The summed E-state index contributed by atoms with van der Waals surface area (Å²) in [5, 5.41) is 2.76. The molecule has 6 heteroatoms. The largest absolute Gasteiger partial charge is 0.445 e. The molecule has 25 heavy (non-hydrogen) atoms. The predicted octanol–water partition coefficient (Wildman–Crippen LogP) is 3.56. The van der Waals surface area contributed by atoms with Gasteiger partial charge in [0.15, 0.2) is 0 Å². The van der Waals surface area contributed by atoms with Crippen LogP contribution >= 0.6 is 0 Å². The van der Waals surface area contributed by atoms with Gasteiger partial charge in [-0.2, -0.15) is 0 Å². The Morgan fingerprint density at radius 2 is 1.92 bits per heavy atom. The summed E-state index contributed by atoms with van der Waals surface area (Å²) in [6.45, 7) is 8.77. The van der Waals surface area contributed by atoms with Crippen LogP contribution in [0.1, 0.15) is 39.7 Å². The number of carbonyl (C=O) groups is 2. The second-order valence-corrected chi connectivity index (χ2v) is 7.45. The quantitative estimate of drug-likeness (QED) is 0.903. The minimum Gasteiger partial charge on any atom is -0.445 e. The van der Waals surface area contributed by atoms with Gasteiger partial charge in [-0.15, -0.1) is 0 Å². The van der Waals surface area contributed by atoms with Crippen molar-refractivity contribution in [2.75, 3.05) is 13.1 Å². The molecule has 1 N–H and O–H groups in total. The van der Waals surface area contributed by atoms with E-state index in [0.29, 0.717) is 19.0 Å². The standard InChI is InChI=1S/C19H28N2O4/c1-14-10-11-21(16(14)12-20-17(22)25-19(2,3)4)18(23)24-13-15-8-6-5-7-9-15/h5-9,14,16H,10-13H2,1-4H3,(H,20,22)/t14-,16-/m1/s1. The molecule has 1 aromatic rings. The molecule has 1 aromatic carbocycles. The summed E-state index contributed by atoms with van der Waals surface area (Å²) < 4.78 is 10.7. The van der Waals surface area contributed by atoms with E-state index in [2.05, 4.69) is 12.2 Å². The first-order chi connectivity index (χ1) is 11.8. The minimum absolute atomic E-state index is 0.0872. The van der Waals surface area contributed by atoms with Crippen molar-refractivity contribution >= 4 is 12.2 Å². The second-order valence-electron chi connectivity index (χ2n) is 7.45. The molecule has 2 rings (SSSR count). The van der Waals surface area contributed by atoms with E-state index < -0.39 is 11.7 Å². The van der Waals surface area contributed by atoms with Crippen molar-refractivity contribution in [2.24, 2.45) is 5.92 Å². The average Bonchev–Trinajstić information content (AvgIpc) is 2.91. The van der Waals surface area contributed by atoms with E-state index in [9.17, 15) is 9.59 Å². The number of carbonyl (C=O) groups excluding carboxylic acids is 2. The number of ether oxygens (including phenoxy) is 2. The Labute approximate surface area is 149 Å². The molecular formula is C19H28N2O4. The van der Waals surface area contributed by atoms with Gasteiger partial charge in [0.1, 0.15) is 12.2 Å².